The number of nitrogens with two attached hydrogens (primary N) is 1. The highest BCUT2D eigenvalue weighted by atomic mass is 35.5. The minimum Gasteiger partial charge on any atom is -0.378 e. The van der Waals surface area contributed by atoms with E-state index in [1.165, 1.54) is 10.9 Å². The third kappa shape index (κ3) is 3.52. The number of benzene rings is 1. The number of halogens is 2. The lowest BCUT2D eigenvalue weighted by Gasteiger charge is -1.99. The Labute approximate surface area is 152 Å². The number of hydrogen-bond acceptors (Lipinski definition) is 8. The van der Waals surface area contributed by atoms with Crippen molar-refractivity contribution < 1.29 is 4.63 Å². The first-order valence-electron chi connectivity index (χ1n) is 7.01. The second kappa shape index (κ2) is 6.99. The van der Waals surface area contributed by atoms with Crippen LogP contribution < -0.4 is 5.73 Å². The molecule has 0 unspecified atom stereocenters. The molecule has 1 aromatic carbocycles. The van der Waals surface area contributed by atoms with E-state index in [1.807, 2.05) is 0 Å². The lowest BCUT2D eigenvalue weighted by molar-refractivity contribution is 0.306. The minimum absolute atomic E-state index is 0.115. The Hall–Kier alpha value is -2.78. The van der Waals surface area contributed by atoms with Crippen molar-refractivity contribution in [1.82, 2.24) is 25.3 Å². The zero-order valence-corrected chi connectivity index (χ0v) is 14.7. The molecule has 0 fully saturated rings. The number of anilines is 1. The van der Waals surface area contributed by atoms with Gasteiger partial charge in [0.05, 0.1) is 22.6 Å². The number of rotatable bonds is 4. The summed E-state index contributed by atoms with van der Waals surface area (Å²) in [5.74, 6) is 0.380. The summed E-state index contributed by atoms with van der Waals surface area (Å²) in [5.41, 5.74) is 8.13. The van der Waals surface area contributed by atoms with Gasteiger partial charge in [0.15, 0.2) is 0 Å². The first-order chi connectivity index (χ1) is 12.0. The Bertz CT molecular complexity index is 975. The summed E-state index contributed by atoms with van der Waals surface area (Å²) < 4.78 is 5.99. The van der Waals surface area contributed by atoms with E-state index in [1.54, 1.807) is 32.0 Å². The predicted molar refractivity (Wildman–Crippen MR) is 94.6 cm³/mol. The summed E-state index contributed by atoms with van der Waals surface area (Å²) in [6.45, 7) is 3.55. The van der Waals surface area contributed by atoms with Gasteiger partial charge < -0.3 is 5.73 Å². The molecule has 0 radical (unpaired) electrons. The number of aromatic nitrogens is 5. The molecule has 0 aliphatic heterocycles. The summed E-state index contributed by atoms with van der Waals surface area (Å²) in [4.78, 5) is 0. The molecule has 0 spiro atoms. The molecule has 0 aliphatic rings. The van der Waals surface area contributed by atoms with Gasteiger partial charge in [-0.15, -0.1) is 5.10 Å². The standard InChI is InChI=1S/C14H12Cl2N8O/c1-7(19-18-6-9-3-4-10(15)5-11(9)16)12-8(2)24(23-20-12)14-13(17)21-25-22-14/h3-6H,1-2H3,(H2,17,21)/b18-6+,19-7-. The van der Waals surface area contributed by atoms with Crippen molar-refractivity contribution in [3.8, 4) is 5.82 Å². The zero-order chi connectivity index (χ0) is 18.0. The molecule has 0 saturated heterocycles. The van der Waals surface area contributed by atoms with Crippen LogP contribution in [0.2, 0.25) is 10.0 Å². The molecule has 0 saturated carbocycles. The van der Waals surface area contributed by atoms with Crippen molar-refractivity contribution in [2.45, 2.75) is 13.8 Å². The molecule has 0 amide bonds. The van der Waals surface area contributed by atoms with Crippen LogP contribution in [0.3, 0.4) is 0 Å². The molecular formula is C14H12Cl2N8O. The average molecular weight is 379 g/mol. The number of nitrogen functional groups attached to an aromatic ring is 1. The normalized spacial score (nSPS) is 12.2. The van der Waals surface area contributed by atoms with Gasteiger partial charge in [0.25, 0.3) is 0 Å². The van der Waals surface area contributed by atoms with E-state index in [0.717, 1.165) is 0 Å². The summed E-state index contributed by atoms with van der Waals surface area (Å²) in [6.07, 6.45) is 1.53. The Kier molecular flexibility index (Phi) is 4.77. The maximum Gasteiger partial charge on any atom is 0.243 e. The zero-order valence-electron chi connectivity index (χ0n) is 13.2. The van der Waals surface area contributed by atoms with Gasteiger partial charge in [-0.25, -0.2) is 4.63 Å². The topological polar surface area (TPSA) is 120 Å². The van der Waals surface area contributed by atoms with Crippen molar-refractivity contribution in [1.29, 1.82) is 0 Å². The van der Waals surface area contributed by atoms with Crippen molar-refractivity contribution in [2.75, 3.05) is 5.73 Å². The summed E-state index contributed by atoms with van der Waals surface area (Å²) in [7, 11) is 0. The fourth-order valence-electron chi connectivity index (χ4n) is 2.03. The van der Waals surface area contributed by atoms with Crippen LogP contribution in [0, 0.1) is 6.92 Å². The molecule has 25 heavy (non-hydrogen) atoms. The van der Waals surface area contributed by atoms with Crippen LogP contribution in [-0.4, -0.2) is 37.2 Å². The van der Waals surface area contributed by atoms with E-state index in [2.05, 4.69) is 35.5 Å². The highest BCUT2D eigenvalue weighted by Crippen LogP contribution is 2.19. The molecule has 0 aliphatic carbocycles. The maximum atomic E-state index is 6.08. The Morgan fingerprint density at radius 2 is 2.12 bits per heavy atom. The van der Waals surface area contributed by atoms with Crippen molar-refractivity contribution in [3.63, 3.8) is 0 Å². The van der Waals surface area contributed by atoms with Crippen LogP contribution in [0.1, 0.15) is 23.9 Å². The third-order valence-electron chi connectivity index (χ3n) is 3.30. The Morgan fingerprint density at radius 3 is 2.80 bits per heavy atom. The average Bonchev–Trinajstić information content (AvgIpc) is 3.15. The second-order valence-electron chi connectivity index (χ2n) is 5.00. The monoisotopic (exact) mass is 378 g/mol. The van der Waals surface area contributed by atoms with E-state index in [9.17, 15) is 0 Å². The van der Waals surface area contributed by atoms with Gasteiger partial charge >= 0.3 is 0 Å². The molecule has 2 N–H and O–H groups in total. The van der Waals surface area contributed by atoms with Crippen molar-refractivity contribution >= 4 is 40.9 Å². The van der Waals surface area contributed by atoms with E-state index in [4.69, 9.17) is 28.9 Å². The summed E-state index contributed by atoms with van der Waals surface area (Å²) in [6, 6.07) is 5.10. The van der Waals surface area contributed by atoms with Crippen molar-refractivity contribution in [3.05, 3.63) is 45.2 Å². The van der Waals surface area contributed by atoms with Gasteiger partial charge in [-0.2, -0.15) is 14.9 Å². The fraction of sp³-hybridized carbons (Fsp3) is 0.143. The van der Waals surface area contributed by atoms with Gasteiger partial charge in [-0.1, -0.05) is 34.5 Å². The fourth-order valence-corrected chi connectivity index (χ4v) is 2.49. The van der Waals surface area contributed by atoms with Crippen LogP contribution in [-0.2, 0) is 0 Å². The third-order valence-corrected chi connectivity index (χ3v) is 3.86. The lowest BCUT2D eigenvalue weighted by Crippen LogP contribution is -2.04. The van der Waals surface area contributed by atoms with Gasteiger partial charge in [-0.3, -0.25) is 0 Å². The second-order valence-corrected chi connectivity index (χ2v) is 5.85. The molecule has 0 atom stereocenters. The number of hydrogen-bond donors (Lipinski definition) is 1. The first-order valence-corrected chi connectivity index (χ1v) is 7.76. The van der Waals surface area contributed by atoms with E-state index in [-0.39, 0.29) is 11.6 Å². The van der Waals surface area contributed by atoms with Crippen molar-refractivity contribution in [2.24, 2.45) is 10.2 Å². The number of nitrogens with zero attached hydrogens (tertiary/aromatic N) is 7. The SMILES string of the molecule is C/C(=N/N=C/c1ccc(Cl)cc1Cl)c1nnn(-c2nonc2N)c1C. The molecule has 9 nitrogen and oxygen atoms in total. The molecular weight excluding hydrogens is 367 g/mol. The molecule has 3 rings (SSSR count). The Morgan fingerprint density at radius 1 is 1.32 bits per heavy atom. The van der Waals surface area contributed by atoms with Gasteiger partial charge in [0.2, 0.25) is 11.6 Å². The van der Waals surface area contributed by atoms with Crippen LogP contribution >= 0.6 is 23.2 Å². The molecule has 128 valence electrons. The summed E-state index contributed by atoms with van der Waals surface area (Å²) >= 11 is 11.9. The van der Waals surface area contributed by atoms with E-state index >= 15 is 0 Å². The molecule has 2 heterocycles. The van der Waals surface area contributed by atoms with E-state index < -0.39 is 0 Å². The van der Waals surface area contributed by atoms with Crippen LogP contribution in [0.4, 0.5) is 5.82 Å². The van der Waals surface area contributed by atoms with Crippen LogP contribution in [0.5, 0.6) is 0 Å². The first kappa shape index (κ1) is 17.1. The lowest BCUT2D eigenvalue weighted by atomic mass is 10.2. The van der Waals surface area contributed by atoms with E-state index in [0.29, 0.717) is 32.7 Å². The Balaban J connectivity index is 1.85. The van der Waals surface area contributed by atoms with Crippen LogP contribution in [0.25, 0.3) is 5.82 Å². The predicted octanol–water partition coefficient (Wildman–Crippen LogP) is 2.69. The molecule has 0 bridgehead atoms. The van der Waals surface area contributed by atoms with Gasteiger partial charge in [-0.05, 0) is 36.3 Å². The summed E-state index contributed by atoms with van der Waals surface area (Å²) in [5, 5.41) is 24.4. The molecule has 3 aromatic rings. The van der Waals surface area contributed by atoms with Crippen LogP contribution in [0.15, 0.2) is 33.0 Å². The smallest absolute Gasteiger partial charge is 0.243 e. The quantitative estimate of drug-likeness (QED) is 0.550. The largest absolute Gasteiger partial charge is 0.378 e. The molecule has 2 aromatic heterocycles. The van der Waals surface area contributed by atoms with Gasteiger partial charge in [0.1, 0.15) is 5.69 Å². The minimum atomic E-state index is 0.115. The molecule has 11 heteroatoms. The highest BCUT2D eigenvalue weighted by Gasteiger charge is 2.17. The highest BCUT2D eigenvalue weighted by molar-refractivity contribution is 6.36. The maximum absolute atomic E-state index is 6.08. The van der Waals surface area contributed by atoms with Gasteiger partial charge in [0, 0.05) is 10.6 Å².